The first-order valence-corrected chi connectivity index (χ1v) is 10.4. The highest BCUT2D eigenvalue weighted by Gasteiger charge is 2.25. The summed E-state index contributed by atoms with van der Waals surface area (Å²) in [5.41, 5.74) is 0.212. The summed E-state index contributed by atoms with van der Waals surface area (Å²) in [4.78, 5) is 36.7. The molecule has 1 rings (SSSR count). The van der Waals surface area contributed by atoms with Crippen LogP contribution in [0.5, 0.6) is 0 Å². The van der Waals surface area contributed by atoms with Gasteiger partial charge in [0.2, 0.25) is 5.91 Å². The van der Waals surface area contributed by atoms with Crippen molar-refractivity contribution in [2.45, 2.75) is 78.2 Å². The molecule has 8 heteroatoms. The first-order chi connectivity index (χ1) is 14.5. The molecule has 0 fully saturated rings. The topological polar surface area (TPSA) is 118 Å². The van der Waals surface area contributed by atoms with Crippen molar-refractivity contribution in [2.75, 3.05) is 0 Å². The largest absolute Gasteiger partial charge is 0.460 e. The van der Waals surface area contributed by atoms with Crippen molar-refractivity contribution in [3.8, 4) is 6.07 Å². The average Bonchev–Trinajstić information content (AvgIpc) is 2.68. The molecular formula is C23H33N3O5. The molecule has 0 radical (unpaired) electrons. The molecule has 31 heavy (non-hydrogen) atoms. The van der Waals surface area contributed by atoms with E-state index in [1.54, 1.807) is 20.8 Å². The minimum absolute atomic E-state index is 0.00281. The van der Waals surface area contributed by atoms with E-state index in [1.165, 1.54) is 0 Å². The molecule has 0 spiro atoms. The number of ether oxygens (including phenoxy) is 2. The van der Waals surface area contributed by atoms with E-state index >= 15 is 0 Å². The third-order valence-corrected chi connectivity index (χ3v) is 4.06. The van der Waals surface area contributed by atoms with Gasteiger partial charge in [-0.3, -0.25) is 9.59 Å². The van der Waals surface area contributed by atoms with E-state index in [1.807, 2.05) is 50.2 Å². The van der Waals surface area contributed by atoms with Crippen LogP contribution in [0.2, 0.25) is 0 Å². The number of alkyl carbamates (subject to hydrolysis) is 1. The Morgan fingerprint density at radius 2 is 1.74 bits per heavy atom. The number of nitrogens with one attached hydrogen (secondary N) is 2. The fourth-order valence-electron chi connectivity index (χ4n) is 2.71. The summed E-state index contributed by atoms with van der Waals surface area (Å²) in [6, 6.07) is 9.43. The number of hydrogen-bond acceptors (Lipinski definition) is 6. The SMILES string of the molecule is CC(C)C[C@H](NC(=O)OCc1ccccc1)C(=O)N[C@H](C#N)CCC(=O)OC(C)(C)C. The molecule has 8 nitrogen and oxygen atoms in total. The minimum atomic E-state index is -0.878. The Balaban J connectivity index is 2.61. The molecule has 0 unspecified atom stereocenters. The smallest absolute Gasteiger partial charge is 0.408 e. The lowest BCUT2D eigenvalue weighted by molar-refractivity contribution is -0.155. The summed E-state index contributed by atoms with van der Waals surface area (Å²) in [5.74, 6) is -0.822. The summed E-state index contributed by atoms with van der Waals surface area (Å²) >= 11 is 0. The number of carbonyl (C=O) groups excluding carboxylic acids is 3. The fraction of sp³-hybridized carbons (Fsp3) is 0.565. The van der Waals surface area contributed by atoms with Crippen LogP contribution in [0.25, 0.3) is 0 Å². The van der Waals surface area contributed by atoms with Crippen molar-refractivity contribution >= 4 is 18.0 Å². The maximum atomic E-state index is 12.7. The first kappa shape index (κ1) is 26.0. The molecule has 0 aliphatic heterocycles. The predicted molar refractivity (Wildman–Crippen MR) is 116 cm³/mol. The molecule has 0 aliphatic carbocycles. The number of nitrogens with zero attached hydrogens (tertiary/aromatic N) is 1. The van der Waals surface area contributed by atoms with Gasteiger partial charge in [-0.1, -0.05) is 44.2 Å². The van der Waals surface area contributed by atoms with Gasteiger partial charge in [-0.15, -0.1) is 0 Å². The lowest BCUT2D eigenvalue weighted by atomic mass is 10.0. The van der Waals surface area contributed by atoms with Crippen LogP contribution in [0.4, 0.5) is 4.79 Å². The molecule has 1 aromatic rings. The molecule has 0 saturated carbocycles. The van der Waals surface area contributed by atoms with Gasteiger partial charge < -0.3 is 20.1 Å². The van der Waals surface area contributed by atoms with Crippen molar-refractivity contribution in [1.29, 1.82) is 5.26 Å². The molecule has 0 bridgehead atoms. The quantitative estimate of drug-likeness (QED) is 0.548. The van der Waals surface area contributed by atoms with Crippen LogP contribution in [0.15, 0.2) is 30.3 Å². The number of esters is 1. The number of amides is 2. The molecule has 2 amide bonds. The summed E-state index contributed by atoms with van der Waals surface area (Å²) in [7, 11) is 0. The van der Waals surface area contributed by atoms with E-state index in [4.69, 9.17) is 9.47 Å². The molecule has 170 valence electrons. The second-order valence-corrected chi connectivity index (χ2v) is 8.70. The van der Waals surface area contributed by atoms with Gasteiger partial charge in [0, 0.05) is 6.42 Å². The van der Waals surface area contributed by atoms with Crippen LogP contribution < -0.4 is 10.6 Å². The standard InChI is InChI=1S/C23H33N3O5/c1-16(2)13-19(26-22(29)30-15-17-9-7-6-8-10-17)21(28)25-18(14-24)11-12-20(27)31-23(3,4)5/h6-10,16,18-19H,11-13,15H2,1-5H3,(H,25,28)(H,26,29)/t18-,19-/m0/s1. The fourth-order valence-corrected chi connectivity index (χ4v) is 2.71. The van der Waals surface area contributed by atoms with Crippen LogP contribution in [-0.2, 0) is 25.7 Å². The van der Waals surface area contributed by atoms with Gasteiger partial charge >= 0.3 is 12.1 Å². The van der Waals surface area contributed by atoms with Gasteiger partial charge in [0.05, 0.1) is 6.07 Å². The Hall–Kier alpha value is -3.08. The second kappa shape index (κ2) is 12.6. The Labute approximate surface area is 184 Å². The molecule has 0 aliphatic rings. The van der Waals surface area contributed by atoms with Crippen molar-refractivity contribution in [3.05, 3.63) is 35.9 Å². The van der Waals surface area contributed by atoms with E-state index in [2.05, 4.69) is 10.6 Å². The first-order valence-electron chi connectivity index (χ1n) is 10.4. The summed E-state index contributed by atoms with van der Waals surface area (Å²) in [5, 5.41) is 14.5. The van der Waals surface area contributed by atoms with Gasteiger partial charge in [0.15, 0.2) is 0 Å². The van der Waals surface area contributed by atoms with Crippen LogP contribution in [0, 0.1) is 17.2 Å². The Morgan fingerprint density at radius 1 is 1.10 bits per heavy atom. The van der Waals surface area contributed by atoms with Gasteiger partial charge in [-0.05, 0) is 45.1 Å². The van der Waals surface area contributed by atoms with Gasteiger partial charge in [-0.2, -0.15) is 5.26 Å². The maximum absolute atomic E-state index is 12.7. The van der Waals surface area contributed by atoms with Gasteiger partial charge in [0.1, 0.15) is 24.3 Å². The monoisotopic (exact) mass is 431 g/mol. The van der Waals surface area contributed by atoms with Crippen LogP contribution in [0.3, 0.4) is 0 Å². The van der Waals surface area contributed by atoms with Crippen LogP contribution in [-0.4, -0.2) is 35.7 Å². The molecular weight excluding hydrogens is 398 g/mol. The summed E-state index contributed by atoms with van der Waals surface area (Å²) in [6.07, 6.45) is -0.232. The average molecular weight is 432 g/mol. The Kier molecular flexibility index (Phi) is 10.5. The number of benzene rings is 1. The third kappa shape index (κ3) is 11.6. The normalized spacial score (nSPS) is 12.9. The van der Waals surface area contributed by atoms with Gasteiger partial charge in [-0.25, -0.2) is 4.79 Å². The van der Waals surface area contributed by atoms with E-state index in [9.17, 15) is 19.6 Å². The van der Waals surface area contributed by atoms with E-state index < -0.39 is 35.7 Å². The van der Waals surface area contributed by atoms with E-state index in [0.717, 1.165) is 5.56 Å². The third-order valence-electron chi connectivity index (χ3n) is 4.06. The zero-order chi connectivity index (χ0) is 23.4. The molecule has 0 saturated heterocycles. The number of nitriles is 1. The number of rotatable bonds is 10. The van der Waals surface area contributed by atoms with E-state index in [-0.39, 0.29) is 25.4 Å². The zero-order valence-electron chi connectivity index (χ0n) is 18.9. The highest BCUT2D eigenvalue weighted by Crippen LogP contribution is 2.11. The minimum Gasteiger partial charge on any atom is -0.460 e. The molecule has 2 atom stereocenters. The summed E-state index contributed by atoms with van der Waals surface area (Å²) < 4.78 is 10.4. The van der Waals surface area contributed by atoms with Gasteiger partial charge in [0.25, 0.3) is 0 Å². The lowest BCUT2D eigenvalue weighted by Crippen LogP contribution is -2.50. The molecule has 1 aromatic carbocycles. The number of hydrogen-bond donors (Lipinski definition) is 2. The second-order valence-electron chi connectivity index (χ2n) is 8.70. The highest BCUT2D eigenvalue weighted by molar-refractivity contribution is 5.86. The predicted octanol–water partition coefficient (Wildman–Crippen LogP) is 3.46. The molecule has 2 N–H and O–H groups in total. The zero-order valence-corrected chi connectivity index (χ0v) is 18.9. The van der Waals surface area contributed by atoms with Crippen molar-refractivity contribution in [3.63, 3.8) is 0 Å². The van der Waals surface area contributed by atoms with Crippen molar-refractivity contribution in [1.82, 2.24) is 10.6 Å². The van der Waals surface area contributed by atoms with Crippen LogP contribution in [0.1, 0.15) is 59.4 Å². The van der Waals surface area contributed by atoms with Crippen molar-refractivity contribution in [2.24, 2.45) is 5.92 Å². The maximum Gasteiger partial charge on any atom is 0.408 e. The van der Waals surface area contributed by atoms with Crippen LogP contribution >= 0.6 is 0 Å². The Bertz CT molecular complexity index is 766. The molecule has 0 aromatic heterocycles. The molecule has 0 heterocycles. The highest BCUT2D eigenvalue weighted by atomic mass is 16.6. The summed E-state index contributed by atoms with van der Waals surface area (Å²) in [6.45, 7) is 9.19. The Morgan fingerprint density at radius 3 is 2.29 bits per heavy atom. The van der Waals surface area contributed by atoms with Crippen molar-refractivity contribution < 1.29 is 23.9 Å². The lowest BCUT2D eigenvalue weighted by Gasteiger charge is -2.22. The number of carbonyl (C=O) groups is 3. The van der Waals surface area contributed by atoms with E-state index in [0.29, 0.717) is 6.42 Å².